The zero-order chi connectivity index (χ0) is 21.7. The van der Waals surface area contributed by atoms with E-state index in [4.69, 9.17) is 0 Å². The molecule has 0 spiro atoms. The molecule has 3 rings (SSSR count). The van der Waals surface area contributed by atoms with Gasteiger partial charge in [0.25, 0.3) is 5.91 Å². The molecule has 1 amide bonds. The molecule has 2 aromatic rings. The van der Waals surface area contributed by atoms with Crippen LogP contribution in [0.2, 0.25) is 0 Å². The Morgan fingerprint density at radius 3 is 2.35 bits per heavy atom. The lowest BCUT2D eigenvalue weighted by molar-refractivity contribution is -0.117. The average Bonchev–Trinajstić information content (AvgIpc) is 3.19. The molecule has 166 valence electrons. The Hall–Kier alpha value is -2.74. The summed E-state index contributed by atoms with van der Waals surface area (Å²) in [7, 11) is 0. The highest BCUT2D eigenvalue weighted by atomic mass is 16.1. The Kier molecular flexibility index (Phi) is 9.50. The predicted molar refractivity (Wildman–Crippen MR) is 126 cm³/mol. The molecular formula is C26H36N4O. The van der Waals surface area contributed by atoms with Gasteiger partial charge >= 0.3 is 0 Å². The fourth-order valence-electron chi connectivity index (χ4n) is 4.44. The first-order valence-corrected chi connectivity index (χ1v) is 12.0. The van der Waals surface area contributed by atoms with Gasteiger partial charge in [0.15, 0.2) is 0 Å². The maximum absolute atomic E-state index is 12.7. The lowest BCUT2D eigenvalue weighted by Crippen LogP contribution is -2.36. The summed E-state index contributed by atoms with van der Waals surface area (Å²) in [5.74, 6) is -0.251. The number of nitrogens with zero attached hydrogens (tertiary/aromatic N) is 1. The summed E-state index contributed by atoms with van der Waals surface area (Å²) in [5, 5.41) is 17.0. The summed E-state index contributed by atoms with van der Waals surface area (Å²) in [4.78, 5) is 15.9. The molecule has 0 atom stereocenters. The van der Waals surface area contributed by atoms with Crippen LogP contribution in [0.4, 0.5) is 0 Å². The molecular weight excluding hydrogens is 384 g/mol. The number of carbonyl (C=O) groups is 1. The molecule has 1 aliphatic carbocycles. The Morgan fingerprint density at radius 1 is 1.03 bits per heavy atom. The molecule has 1 aromatic heterocycles. The molecule has 0 aliphatic heterocycles. The van der Waals surface area contributed by atoms with Crippen molar-refractivity contribution in [2.24, 2.45) is 0 Å². The number of H-pyrrole nitrogens is 1. The van der Waals surface area contributed by atoms with E-state index in [2.05, 4.69) is 33.8 Å². The van der Waals surface area contributed by atoms with E-state index < -0.39 is 0 Å². The molecule has 1 saturated carbocycles. The highest BCUT2D eigenvalue weighted by Crippen LogP contribution is 2.18. The van der Waals surface area contributed by atoms with Crippen molar-refractivity contribution in [3.8, 4) is 6.07 Å². The van der Waals surface area contributed by atoms with Gasteiger partial charge < -0.3 is 15.6 Å². The first-order chi connectivity index (χ1) is 15.3. The van der Waals surface area contributed by atoms with Crippen LogP contribution in [-0.2, 0) is 11.2 Å². The number of benzene rings is 1. The Bertz CT molecular complexity index is 880. The zero-order valence-corrected chi connectivity index (χ0v) is 18.6. The summed E-state index contributed by atoms with van der Waals surface area (Å²) in [6.45, 7) is 0.670. The third-order valence-electron chi connectivity index (χ3n) is 6.27. The highest BCUT2D eigenvalue weighted by molar-refractivity contribution is 5.97. The Labute approximate surface area is 186 Å². The van der Waals surface area contributed by atoms with Crippen LogP contribution in [0.1, 0.15) is 76.2 Å². The number of fused-ring (bicyclic) bond motifs is 1. The lowest BCUT2D eigenvalue weighted by Gasteiger charge is -2.19. The SMILES string of the molecule is N#C/C(=C/NCCc1c[nH]c2ccccc12)C(=O)NC1CCCCCCCCCCC1. The maximum atomic E-state index is 12.7. The van der Waals surface area contributed by atoms with Gasteiger partial charge in [-0.15, -0.1) is 0 Å². The predicted octanol–water partition coefficient (Wildman–Crippen LogP) is 5.50. The third kappa shape index (κ3) is 7.47. The largest absolute Gasteiger partial charge is 0.389 e. The van der Waals surface area contributed by atoms with Crippen LogP contribution >= 0.6 is 0 Å². The number of carbonyl (C=O) groups excluding carboxylic acids is 1. The highest BCUT2D eigenvalue weighted by Gasteiger charge is 2.16. The monoisotopic (exact) mass is 420 g/mol. The molecule has 1 aromatic carbocycles. The van der Waals surface area contributed by atoms with Crippen LogP contribution < -0.4 is 10.6 Å². The Balaban J connectivity index is 1.48. The summed E-state index contributed by atoms with van der Waals surface area (Å²) >= 11 is 0. The van der Waals surface area contributed by atoms with Crippen molar-refractivity contribution < 1.29 is 4.79 Å². The standard InChI is InChI=1S/C26H36N4O/c27-18-22(19-28-17-16-21-20-29-25-15-11-10-14-24(21)25)26(31)30-23-12-8-6-4-2-1-3-5-7-9-13-23/h10-11,14-15,19-20,23,28-29H,1-9,12-13,16-17H2,(H,30,31)/b22-19-. The van der Waals surface area contributed by atoms with Gasteiger partial charge in [0.05, 0.1) is 0 Å². The second-order valence-electron chi connectivity index (χ2n) is 8.66. The zero-order valence-electron chi connectivity index (χ0n) is 18.6. The number of nitrogens with one attached hydrogen (secondary N) is 3. The fourth-order valence-corrected chi connectivity index (χ4v) is 4.44. The number of hydrogen-bond donors (Lipinski definition) is 3. The molecule has 0 saturated heterocycles. The topological polar surface area (TPSA) is 80.7 Å². The first-order valence-electron chi connectivity index (χ1n) is 12.0. The minimum atomic E-state index is -0.251. The number of rotatable bonds is 6. The van der Waals surface area contributed by atoms with Crippen LogP contribution in [0.25, 0.3) is 10.9 Å². The number of hydrogen-bond acceptors (Lipinski definition) is 3. The first kappa shape index (κ1) is 22.9. The molecule has 31 heavy (non-hydrogen) atoms. The van der Waals surface area contributed by atoms with Crippen LogP contribution in [0.15, 0.2) is 42.2 Å². The number of nitriles is 1. The number of aromatic nitrogens is 1. The molecule has 1 heterocycles. The summed E-state index contributed by atoms with van der Waals surface area (Å²) in [6.07, 6.45) is 17.9. The van der Waals surface area contributed by atoms with Gasteiger partial charge in [-0.2, -0.15) is 5.26 Å². The van der Waals surface area contributed by atoms with Gasteiger partial charge in [0, 0.05) is 35.9 Å². The fraction of sp³-hybridized carbons (Fsp3) is 0.538. The Morgan fingerprint density at radius 2 is 1.68 bits per heavy atom. The molecule has 3 N–H and O–H groups in total. The van der Waals surface area contributed by atoms with Gasteiger partial charge in [-0.1, -0.05) is 76.0 Å². The van der Waals surface area contributed by atoms with E-state index >= 15 is 0 Å². The average molecular weight is 421 g/mol. The van der Waals surface area contributed by atoms with E-state index in [1.54, 1.807) is 6.20 Å². The number of para-hydroxylation sites is 1. The van der Waals surface area contributed by atoms with Crippen LogP contribution in [0.5, 0.6) is 0 Å². The molecule has 0 unspecified atom stereocenters. The van der Waals surface area contributed by atoms with Crippen molar-refractivity contribution in [1.29, 1.82) is 5.26 Å². The second kappa shape index (κ2) is 12.8. The van der Waals surface area contributed by atoms with E-state index in [0.717, 1.165) is 37.6 Å². The van der Waals surface area contributed by atoms with E-state index in [1.165, 1.54) is 55.9 Å². The molecule has 5 heteroatoms. The quantitative estimate of drug-likeness (QED) is 0.328. The van der Waals surface area contributed by atoms with Crippen LogP contribution in [0, 0.1) is 11.3 Å². The lowest BCUT2D eigenvalue weighted by atomic mass is 9.98. The molecule has 1 aliphatic rings. The van der Waals surface area contributed by atoms with Gasteiger partial charge in [-0.05, 0) is 30.9 Å². The van der Waals surface area contributed by atoms with Crippen molar-refractivity contribution in [3.05, 3.63) is 47.8 Å². The van der Waals surface area contributed by atoms with Crippen LogP contribution in [-0.4, -0.2) is 23.5 Å². The third-order valence-corrected chi connectivity index (χ3v) is 6.27. The van der Waals surface area contributed by atoms with Gasteiger partial charge in [0.1, 0.15) is 11.6 Å². The number of amides is 1. The van der Waals surface area contributed by atoms with Gasteiger partial charge in [-0.25, -0.2) is 0 Å². The van der Waals surface area contributed by atoms with Crippen molar-refractivity contribution >= 4 is 16.8 Å². The summed E-state index contributed by atoms with van der Waals surface area (Å²) in [6, 6.07) is 10.5. The van der Waals surface area contributed by atoms with Crippen molar-refractivity contribution in [3.63, 3.8) is 0 Å². The van der Waals surface area contributed by atoms with Crippen LogP contribution in [0.3, 0.4) is 0 Å². The van der Waals surface area contributed by atoms with Crippen molar-refractivity contribution in [1.82, 2.24) is 15.6 Å². The normalized spacial score (nSPS) is 17.3. The molecule has 0 bridgehead atoms. The summed E-state index contributed by atoms with van der Waals surface area (Å²) in [5.41, 5.74) is 2.51. The van der Waals surface area contributed by atoms with Crippen molar-refractivity contribution in [2.75, 3.05) is 6.54 Å². The number of aromatic amines is 1. The minimum Gasteiger partial charge on any atom is -0.389 e. The minimum absolute atomic E-state index is 0.157. The smallest absolute Gasteiger partial charge is 0.263 e. The molecule has 1 fully saturated rings. The molecule has 5 nitrogen and oxygen atoms in total. The van der Waals surface area contributed by atoms with E-state index in [-0.39, 0.29) is 17.5 Å². The van der Waals surface area contributed by atoms with E-state index in [9.17, 15) is 10.1 Å². The van der Waals surface area contributed by atoms with Crippen molar-refractivity contribution in [2.45, 2.75) is 83.1 Å². The van der Waals surface area contributed by atoms with Gasteiger partial charge in [0.2, 0.25) is 0 Å². The maximum Gasteiger partial charge on any atom is 0.263 e. The van der Waals surface area contributed by atoms with E-state index in [0.29, 0.717) is 6.54 Å². The van der Waals surface area contributed by atoms with Gasteiger partial charge in [-0.3, -0.25) is 4.79 Å². The summed E-state index contributed by atoms with van der Waals surface area (Å²) < 4.78 is 0. The molecule has 0 radical (unpaired) electrons. The second-order valence-corrected chi connectivity index (χ2v) is 8.66. The van der Waals surface area contributed by atoms with E-state index in [1.807, 2.05) is 18.3 Å².